The Morgan fingerprint density at radius 2 is 2.00 bits per heavy atom. The SMILES string of the molecule is CC(C)NCC1CC1(C)c1ccc(I)cc1. The summed E-state index contributed by atoms with van der Waals surface area (Å²) < 4.78 is 1.32. The normalized spacial score (nSPS) is 28.4. The first-order valence-corrected chi connectivity index (χ1v) is 7.09. The van der Waals surface area contributed by atoms with Crippen molar-refractivity contribution in [2.45, 2.75) is 38.6 Å². The van der Waals surface area contributed by atoms with Crippen LogP contribution < -0.4 is 5.32 Å². The van der Waals surface area contributed by atoms with E-state index in [2.05, 4.69) is 72.9 Å². The third-order valence-corrected chi connectivity index (χ3v) is 4.41. The minimum absolute atomic E-state index is 0.423. The van der Waals surface area contributed by atoms with Crippen LogP contribution in [-0.2, 0) is 5.41 Å². The first-order valence-electron chi connectivity index (χ1n) is 6.02. The van der Waals surface area contributed by atoms with Gasteiger partial charge in [-0.1, -0.05) is 32.9 Å². The fourth-order valence-corrected chi connectivity index (χ4v) is 2.67. The van der Waals surface area contributed by atoms with Gasteiger partial charge in [0.05, 0.1) is 0 Å². The molecule has 2 rings (SSSR count). The van der Waals surface area contributed by atoms with Gasteiger partial charge < -0.3 is 5.32 Å². The van der Waals surface area contributed by atoms with E-state index in [1.807, 2.05) is 0 Å². The molecule has 88 valence electrons. The molecule has 0 heterocycles. The monoisotopic (exact) mass is 329 g/mol. The fraction of sp³-hybridized carbons (Fsp3) is 0.571. The van der Waals surface area contributed by atoms with Gasteiger partial charge in [-0.05, 0) is 64.6 Å². The van der Waals surface area contributed by atoms with Crippen molar-refractivity contribution < 1.29 is 0 Å². The van der Waals surface area contributed by atoms with E-state index in [-0.39, 0.29) is 0 Å². The molecule has 1 fully saturated rings. The van der Waals surface area contributed by atoms with Crippen molar-refractivity contribution in [1.82, 2.24) is 5.32 Å². The second-order valence-electron chi connectivity index (χ2n) is 5.39. The number of hydrogen-bond donors (Lipinski definition) is 1. The minimum Gasteiger partial charge on any atom is -0.314 e. The maximum absolute atomic E-state index is 3.54. The molecule has 1 aliphatic carbocycles. The van der Waals surface area contributed by atoms with Gasteiger partial charge >= 0.3 is 0 Å². The molecule has 2 unspecified atom stereocenters. The molecule has 1 nitrogen and oxygen atoms in total. The molecule has 1 aromatic carbocycles. The molecule has 0 bridgehead atoms. The highest BCUT2D eigenvalue weighted by atomic mass is 127. The summed E-state index contributed by atoms with van der Waals surface area (Å²) >= 11 is 2.36. The smallest absolute Gasteiger partial charge is 0.0130 e. The lowest BCUT2D eigenvalue weighted by Gasteiger charge is -2.14. The molecule has 0 aromatic heterocycles. The van der Waals surface area contributed by atoms with E-state index in [9.17, 15) is 0 Å². The van der Waals surface area contributed by atoms with Gasteiger partial charge in [0.1, 0.15) is 0 Å². The van der Waals surface area contributed by atoms with E-state index in [1.165, 1.54) is 15.6 Å². The molecule has 2 atom stereocenters. The molecule has 1 N–H and O–H groups in total. The second kappa shape index (κ2) is 4.65. The topological polar surface area (TPSA) is 12.0 Å². The maximum Gasteiger partial charge on any atom is 0.0130 e. The molecule has 2 heteroatoms. The minimum atomic E-state index is 0.423. The van der Waals surface area contributed by atoms with Crippen LogP contribution in [-0.4, -0.2) is 12.6 Å². The Bertz CT molecular complexity index is 358. The van der Waals surface area contributed by atoms with E-state index in [0.717, 1.165) is 12.5 Å². The summed E-state index contributed by atoms with van der Waals surface area (Å²) in [6.45, 7) is 7.97. The van der Waals surface area contributed by atoms with Crippen molar-refractivity contribution >= 4 is 22.6 Å². The third-order valence-electron chi connectivity index (χ3n) is 3.69. The van der Waals surface area contributed by atoms with E-state index in [4.69, 9.17) is 0 Å². The van der Waals surface area contributed by atoms with Gasteiger partial charge in [-0.15, -0.1) is 0 Å². The summed E-state index contributed by atoms with van der Waals surface area (Å²) in [5.74, 6) is 0.815. The van der Waals surface area contributed by atoms with Crippen molar-refractivity contribution in [2.75, 3.05) is 6.54 Å². The van der Waals surface area contributed by atoms with E-state index < -0.39 is 0 Å². The third kappa shape index (κ3) is 2.59. The summed E-state index contributed by atoms with van der Waals surface area (Å²) in [6.07, 6.45) is 1.33. The Morgan fingerprint density at radius 3 is 2.56 bits per heavy atom. The fourth-order valence-electron chi connectivity index (χ4n) is 2.31. The standard InChI is InChI=1S/C14H20IN/c1-10(2)16-9-12-8-14(12,3)11-4-6-13(15)7-5-11/h4-7,10,12,16H,8-9H2,1-3H3. The Hall–Kier alpha value is -0.0900. The van der Waals surface area contributed by atoms with Crippen LogP contribution in [0.1, 0.15) is 32.8 Å². The second-order valence-corrected chi connectivity index (χ2v) is 6.63. The molecule has 0 saturated heterocycles. The average molecular weight is 329 g/mol. The molecule has 0 aliphatic heterocycles. The number of rotatable bonds is 4. The molecule has 1 saturated carbocycles. The Kier molecular flexibility index (Phi) is 3.59. The van der Waals surface area contributed by atoms with Crippen molar-refractivity contribution in [2.24, 2.45) is 5.92 Å². The number of halogens is 1. The lowest BCUT2D eigenvalue weighted by atomic mass is 9.95. The molecule has 0 radical (unpaired) electrons. The van der Waals surface area contributed by atoms with Gasteiger partial charge in [0.2, 0.25) is 0 Å². The lowest BCUT2D eigenvalue weighted by Crippen LogP contribution is -2.26. The van der Waals surface area contributed by atoms with Crippen LogP contribution >= 0.6 is 22.6 Å². The summed E-state index contributed by atoms with van der Waals surface area (Å²) in [6, 6.07) is 9.61. The van der Waals surface area contributed by atoms with Crippen LogP contribution in [0.2, 0.25) is 0 Å². The zero-order valence-corrected chi connectivity index (χ0v) is 12.4. The summed E-state index contributed by atoms with van der Waals surface area (Å²) in [7, 11) is 0. The highest BCUT2D eigenvalue weighted by Gasteiger charge is 2.50. The highest BCUT2D eigenvalue weighted by Crippen LogP contribution is 2.53. The lowest BCUT2D eigenvalue weighted by molar-refractivity contribution is 0.528. The van der Waals surface area contributed by atoms with Gasteiger partial charge in [-0.3, -0.25) is 0 Å². The summed E-state index contributed by atoms with van der Waals surface area (Å²) in [5, 5.41) is 3.54. The first kappa shape index (κ1) is 12.4. The molecule has 1 aliphatic rings. The molecule has 0 spiro atoms. The number of hydrogen-bond acceptors (Lipinski definition) is 1. The predicted molar refractivity (Wildman–Crippen MR) is 77.8 cm³/mol. The van der Waals surface area contributed by atoms with Gasteiger partial charge in [0, 0.05) is 9.61 Å². The maximum atomic E-state index is 3.54. The van der Waals surface area contributed by atoms with E-state index in [1.54, 1.807) is 0 Å². The van der Waals surface area contributed by atoms with Gasteiger partial charge in [0.25, 0.3) is 0 Å². The van der Waals surface area contributed by atoms with Gasteiger partial charge in [-0.25, -0.2) is 0 Å². The number of nitrogens with one attached hydrogen (secondary N) is 1. The molecule has 0 amide bonds. The Balaban J connectivity index is 1.98. The van der Waals surface area contributed by atoms with Crippen LogP contribution in [0.3, 0.4) is 0 Å². The Morgan fingerprint density at radius 1 is 1.38 bits per heavy atom. The molecular weight excluding hydrogens is 309 g/mol. The quantitative estimate of drug-likeness (QED) is 0.833. The molecule has 16 heavy (non-hydrogen) atoms. The van der Waals surface area contributed by atoms with Crippen LogP contribution in [0.4, 0.5) is 0 Å². The van der Waals surface area contributed by atoms with Crippen LogP contribution in [0.5, 0.6) is 0 Å². The zero-order chi connectivity index (χ0) is 11.8. The van der Waals surface area contributed by atoms with Crippen molar-refractivity contribution in [1.29, 1.82) is 0 Å². The van der Waals surface area contributed by atoms with Gasteiger partial charge in [0.15, 0.2) is 0 Å². The highest BCUT2D eigenvalue weighted by molar-refractivity contribution is 14.1. The number of benzene rings is 1. The van der Waals surface area contributed by atoms with Gasteiger partial charge in [-0.2, -0.15) is 0 Å². The van der Waals surface area contributed by atoms with Crippen molar-refractivity contribution in [3.63, 3.8) is 0 Å². The van der Waals surface area contributed by atoms with Crippen LogP contribution in [0.25, 0.3) is 0 Å². The molecular formula is C14H20IN. The molecule has 1 aromatic rings. The zero-order valence-electron chi connectivity index (χ0n) is 10.3. The van der Waals surface area contributed by atoms with E-state index in [0.29, 0.717) is 11.5 Å². The predicted octanol–water partition coefficient (Wildman–Crippen LogP) is 3.57. The summed E-state index contributed by atoms with van der Waals surface area (Å²) in [5.41, 5.74) is 1.93. The van der Waals surface area contributed by atoms with Crippen molar-refractivity contribution in [3.05, 3.63) is 33.4 Å². The first-order chi connectivity index (χ1) is 7.52. The summed E-state index contributed by atoms with van der Waals surface area (Å²) in [4.78, 5) is 0. The Labute approximate surface area is 112 Å². The van der Waals surface area contributed by atoms with Crippen LogP contribution in [0, 0.1) is 9.49 Å². The van der Waals surface area contributed by atoms with E-state index >= 15 is 0 Å². The average Bonchev–Trinajstić information content (AvgIpc) is 2.89. The van der Waals surface area contributed by atoms with Crippen molar-refractivity contribution in [3.8, 4) is 0 Å². The van der Waals surface area contributed by atoms with Crippen LogP contribution in [0.15, 0.2) is 24.3 Å². The largest absolute Gasteiger partial charge is 0.314 e.